The van der Waals surface area contributed by atoms with Gasteiger partial charge < -0.3 is 19.5 Å². The number of ether oxygens (including phenoxy) is 2. The van der Waals surface area contributed by atoms with Crippen LogP contribution in [0.25, 0.3) is 0 Å². The number of rotatable bonds is 3. The van der Waals surface area contributed by atoms with Gasteiger partial charge in [0.2, 0.25) is 0 Å². The lowest BCUT2D eigenvalue weighted by atomic mass is 10.1. The molecule has 0 bridgehead atoms. The molecule has 26 heavy (non-hydrogen) atoms. The Balaban J connectivity index is 2.15. The van der Waals surface area contributed by atoms with Crippen LogP contribution in [0.1, 0.15) is 26.3 Å². The van der Waals surface area contributed by atoms with E-state index in [-0.39, 0.29) is 18.8 Å². The van der Waals surface area contributed by atoms with Crippen LogP contribution in [0.4, 0.5) is 18.9 Å². The maximum Gasteiger partial charge on any atom is 0.416 e. The van der Waals surface area contributed by atoms with Crippen LogP contribution in [0.15, 0.2) is 24.3 Å². The molecule has 1 aromatic rings. The van der Waals surface area contributed by atoms with Crippen molar-refractivity contribution in [2.45, 2.75) is 44.8 Å². The first kappa shape index (κ1) is 20.2. The Bertz CT molecular complexity index is 666. The van der Waals surface area contributed by atoms with Crippen LogP contribution >= 0.6 is 0 Å². The van der Waals surface area contributed by atoms with E-state index in [4.69, 9.17) is 9.47 Å². The van der Waals surface area contributed by atoms with Crippen LogP contribution < -0.4 is 4.90 Å². The number of esters is 1. The first-order chi connectivity index (χ1) is 11.9. The summed E-state index contributed by atoms with van der Waals surface area (Å²) in [7, 11) is 0. The highest BCUT2D eigenvalue weighted by atomic mass is 19.4. The van der Waals surface area contributed by atoms with Gasteiger partial charge in [-0.05, 0) is 45.0 Å². The van der Waals surface area contributed by atoms with E-state index in [0.717, 1.165) is 24.3 Å². The molecule has 0 radical (unpaired) electrons. The van der Waals surface area contributed by atoms with Gasteiger partial charge in [0.1, 0.15) is 5.60 Å². The molecule has 1 heterocycles. The summed E-state index contributed by atoms with van der Waals surface area (Å²) in [6, 6.07) is 4.03. The van der Waals surface area contributed by atoms with E-state index < -0.39 is 41.4 Å². The molecule has 144 valence electrons. The first-order valence-corrected chi connectivity index (χ1v) is 7.91. The number of anilines is 1. The van der Waals surface area contributed by atoms with Gasteiger partial charge in [0.25, 0.3) is 5.91 Å². The van der Waals surface area contributed by atoms with Crippen molar-refractivity contribution in [3.8, 4) is 0 Å². The SMILES string of the molecule is CC(C)(C)OC(=O)[C@H](O)[C@H]1OCCN(c2ccc(C(F)(F)F)cc2)C1=O. The Morgan fingerprint density at radius 1 is 1.27 bits per heavy atom. The molecular weight excluding hydrogens is 355 g/mol. The van der Waals surface area contributed by atoms with Gasteiger partial charge in [0.15, 0.2) is 12.2 Å². The summed E-state index contributed by atoms with van der Waals surface area (Å²) in [5, 5.41) is 10.1. The molecule has 1 saturated heterocycles. The quantitative estimate of drug-likeness (QED) is 0.820. The Labute approximate surface area is 148 Å². The number of hydrogen-bond donors (Lipinski definition) is 1. The number of amides is 1. The minimum Gasteiger partial charge on any atom is -0.458 e. The maximum absolute atomic E-state index is 12.6. The molecule has 2 rings (SSSR count). The van der Waals surface area contributed by atoms with E-state index in [1.807, 2.05) is 0 Å². The Kier molecular flexibility index (Phi) is 5.62. The van der Waals surface area contributed by atoms with E-state index in [2.05, 4.69) is 0 Å². The summed E-state index contributed by atoms with van der Waals surface area (Å²) in [4.78, 5) is 25.7. The number of hydrogen-bond acceptors (Lipinski definition) is 5. The molecule has 0 spiro atoms. The number of carbonyl (C=O) groups excluding carboxylic acids is 2. The van der Waals surface area contributed by atoms with Crippen LogP contribution in [-0.4, -0.2) is 47.9 Å². The zero-order chi connectivity index (χ0) is 19.7. The van der Waals surface area contributed by atoms with E-state index in [0.29, 0.717) is 0 Å². The molecular formula is C17H20F3NO5. The fraction of sp³-hybridized carbons (Fsp3) is 0.529. The van der Waals surface area contributed by atoms with E-state index in [1.165, 1.54) is 4.90 Å². The van der Waals surface area contributed by atoms with Gasteiger partial charge in [0.05, 0.1) is 12.2 Å². The largest absolute Gasteiger partial charge is 0.458 e. The Morgan fingerprint density at radius 3 is 2.35 bits per heavy atom. The molecule has 1 N–H and O–H groups in total. The van der Waals surface area contributed by atoms with Crippen LogP contribution in [0, 0.1) is 0 Å². The van der Waals surface area contributed by atoms with Crippen LogP contribution in [-0.2, 0) is 25.2 Å². The molecule has 9 heteroatoms. The van der Waals surface area contributed by atoms with E-state index in [1.54, 1.807) is 20.8 Å². The third-order valence-corrected chi connectivity index (χ3v) is 3.56. The molecule has 1 aliphatic rings. The second kappa shape index (κ2) is 7.24. The van der Waals surface area contributed by atoms with Crippen molar-refractivity contribution in [3.05, 3.63) is 29.8 Å². The monoisotopic (exact) mass is 375 g/mol. The maximum atomic E-state index is 12.6. The molecule has 0 aromatic heterocycles. The third kappa shape index (κ3) is 4.73. The van der Waals surface area contributed by atoms with Crippen LogP contribution in [0.5, 0.6) is 0 Å². The van der Waals surface area contributed by atoms with Crippen molar-refractivity contribution in [2.75, 3.05) is 18.1 Å². The number of alkyl halides is 3. The van der Waals surface area contributed by atoms with Crippen LogP contribution in [0.2, 0.25) is 0 Å². The highest BCUT2D eigenvalue weighted by Gasteiger charge is 2.41. The summed E-state index contributed by atoms with van der Waals surface area (Å²) in [6.07, 6.45) is -7.80. The minimum atomic E-state index is -4.48. The van der Waals surface area contributed by atoms with Crippen molar-refractivity contribution in [1.82, 2.24) is 0 Å². The lowest BCUT2D eigenvalue weighted by Gasteiger charge is -2.34. The van der Waals surface area contributed by atoms with Gasteiger partial charge in [-0.15, -0.1) is 0 Å². The van der Waals surface area contributed by atoms with Gasteiger partial charge in [0, 0.05) is 12.2 Å². The fourth-order valence-corrected chi connectivity index (χ4v) is 2.40. The zero-order valence-corrected chi connectivity index (χ0v) is 14.5. The molecule has 0 unspecified atom stereocenters. The number of benzene rings is 1. The van der Waals surface area contributed by atoms with E-state index >= 15 is 0 Å². The third-order valence-electron chi connectivity index (χ3n) is 3.56. The van der Waals surface area contributed by atoms with Gasteiger partial charge in [-0.1, -0.05) is 0 Å². The van der Waals surface area contributed by atoms with Crippen LogP contribution in [0.3, 0.4) is 0 Å². The predicted molar refractivity (Wildman–Crippen MR) is 85.4 cm³/mol. The lowest BCUT2D eigenvalue weighted by Crippen LogP contribution is -2.55. The lowest BCUT2D eigenvalue weighted by molar-refractivity contribution is -0.177. The highest BCUT2D eigenvalue weighted by Crippen LogP contribution is 2.31. The van der Waals surface area contributed by atoms with Gasteiger partial charge >= 0.3 is 12.1 Å². The summed E-state index contributed by atoms with van der Waals surface area (Å²) in [5.41, 5.74) is -1.48. The second-order valence-electron chi connectivity index (χ2n) is 6.80. The smallest absolute Gasteiger partial charge is 0.416 e. The van der Waals surface area contributed by atoms with Crippen molar-refractivity contribution in [2.24, 2.45) is 0 Å². The van der Waals surface area contributed by atoms with Gasteiger partial charge in [-0.3, -0.25) is 4.79 Å². The average Bonchev–Trinajstić information content (AvgIpc) is 2.52. The van der Waals surface area contributed by atoms with Crippen molar-refractivity contribution in [3.63, 3.8) is 0 Å². The topological polar surface area (TPSA) is 76.1 Å². The van der Waals surface area contributed by atoms with Crippen molar-refractivity contribution in [1.29, 1.82) is 0 Å². The van der Waals surface area contributed by atoms with Crippen molar-refractivity contribution < 1.29 is 37.3 Å². The minimum absolute atomic E-state index is 0.0112. The second-order valence-corrected chi connectivity index (χ2v) is 6.80. The number of carbonyl (C=O) groups is 2. The first-order valence-electron chi connectivity index (χ1n) is 7.91. The Morgan fingerprint density at radius 2 is 1.85 bits per heavy atom. The zero-order valence-electron chi connectivity index (χ0n) is 14.5. The summed E-state index contributed by atoms with van der Waals surface area (Å²) < 4.78 is 48.2. The molecule has 2 atom stereocenters. The number of halogens is 3. The number of aliphatic hydroxyl groups excluding tert-OH is 1. The molecule has 1 fully saturated rings. The fourth-order valence-electron chi connectivity index (χ4n) is 2.40. The molecule has 0 aliphatic carbocycles. The highest BCUT2D eigenvalue weighted by molar-refractivity contribution is 6.00. The Hall–Kier alpha value is -2.13. The average molecular weight is 375 g/mol. The summed E-state index contributed by atoms with van der Waals surface area (Å²) in [6.45, 7) is 4.92. The normalized spacial score (nSPS) is 20.0. The molecule has 1 amide bonds. The molecule has 1 aliphatic heterocycles. The van der Waals surface area contributed by atoms with Gasteiger partial charge in [-0.2, -0.15) is 13.2 Å². The number of nitrogens with zero attached hydrogens (tertiary/aromatic N) is 1. The standard InChI is InChI=1S/C17H20F3NO5/c1-16(2,3)26-15(24)12(22)13-14(23)21(8-9-25-13)11-6-4-10(5-7-11)17(18,19)20/h4-7,12-13,22H,8-9H2,1-3H3/t12-,13-/m1/s1. The molecule has 6 nitrogen and oxygen atoms in total. The molecule has 1 aromatic carbocycles. The molecule has 0 saturated carbocycles. The summed E-state index contributed by atoms with van der Waals surface area (Å²) in [5.74, 6) is -1.74. The van der Waals surface area contributed by atoms with Crippen molar-refractivity contribution >= 4 is 17.6 Å². The summed E-state index contributed by atoms with van der Waals surface area (Å²) >= 11 is 0. The van der Waals surface area contributed by atoms with E-state index in [9.17, 15) is 27.9 Å². The van der Waals surface area contributed by atoms with Gasteiger partial charge in [-0.25, -0.2) is 4.79 Å². The number of aliphatic hydroxyl groups is 1. The number of morpholine rings is 1. The predicted octanol–water partition coefficient (Wildman–Crippen LogP) is 2.14.